The number of ether oxygens (including phenoxy) is 1. The average Bonchev–Trinajstić information content (AvgIpc) is 3.23. The summed E-state index contributed by atoms with van der Waals surface area (Å²) in [5, 5.41) is 12.3. The number of hydrogen-bond donors (Lipinski definition) is 1. The summed E-state index contributed by atoms with van der Waals surface area (Å²) in [6.07, 6.45) is 0.539. The number of rotatable bonds is 11. The lowest BCUT2D eigenvalue weighted by Crippen LogP contribution is -2.39. The van der Waals surface area contributed by atoms with E-state index in [2.05, 4.69) is 53.1 Å². The second kappa shape index (κ2) is 11.3. The predicted octanol–water partition coefficient (Wildman–Crippen LogP) is 6.74. The van der Waals surface area contributed by atoms with Crippen molar-refractivity contribution in [3.05, 3.63) is 114 Å². The van der Waals surface area contributed by atoms with Gasteiger partial charge in [0.25, 0.3) is 0 Å². The number of aromatic nitrogens is 1. The molecule has 0 aliphatic carbocycles. The molecule has 5 nitrogen and oxygen atoms in total. The predicted molar refractivity (Wildman–Crippen MR) is 149 cm³/mol. The lowest BCUT2D eigenvalue weighted by molar-refractivity contribution is -0.144. The fourth-order valence-electron chi connectivity index (χ4n) is 5.15. The van der Waals surface area contributed by atoms with Crippen molar-refractivity contribution in [2.24, 2.45) is 0 Å². The van der Waals surface area contributed by atoms with Crippen molar-refractivity contribution in [2.45, 2.75) is 39.0 Å². The number of carboxylic acids is 1. The van der Waals surface area contributed by atoms with Crippen LogP contribution in [-0.2, 0) is 24.4 Å². The molecular weight excluding hydrogens is 460 g/mol. The Balaban J connectivity index is 1.31. The highest BCUT2D eigenvalue weighted by atomic mass is 16.5. The SMILES string of the molecule is CCC(C(=O)O)N(Cc1ccccc1)Cc1cccc(OCCn2c3ccccc3c3ccccc32)c1. The van der Waals surface area contributed by atoms with Crippen LogP contribution in [0.3, 0.4) is 0 Å². The Morgan fingerprint density at radius 1 is 0.811 bits per heavy atom. The first kappa shape index (κ1) is 24.6. The van der Waals surface area contributed by atoms with Gasteiger partial charge < -0.3 is 14.4 Å². The van der Waals surface area contributed by atoms with Crippen LogP contribution < -0.4 is 4.74 Å². The van der Waals surface area contributed by atoms with Crippen molar-refractivity contribution in [2.75, 3.05) is 6.61 Å². The molecule has 0 radical (unpaired) electrons. The van der Waals surface area contributed by atoms with Gasteiger partial charge in [-0.3, -0.25) is 9.69 Å². The number of fused-ring (bicyclic) bond motifs is 3. The first-order chi connectivity index (χ1) is 18.1. The largest absolute Gasteiger partial charge is 0.492 e. The smallest absolute Gasteiger partial charge is 0.320 e. The molecule has 5 heteroatoms. The van der Waals surface area contributed by atoms with Crippen molar-refractivity contribution >= 4 is 27.8 Å². The zero-order valence-electron chi connectivity index (χ0n) is 21.1. The Morgan fingerprint density at radius 3 is 2.05 bits per heavy atom. The van der Waals surface area contributed by atoms with Crippen LogP contribution in [0.25, 0.3) is 21.8 Å². The Morgan fingerprint density at radius 2 is 1.41 bits per heavy atom. The van der Waals surface area contributed by atoms with Crippen molar-refractivity contribution < 1.29 is 14.6 Å². The average molecular weight is 493 g/mol. The second-order valence-electron chi connectivity index (χ2n) is 9.33. The molecule has 0 aliphatic heterocycles. The van der Waals surface area contributed by atoms with Crippen molar-refractivity contribution in [1.29, 1.82) is 0 Å². The van der Waals surface area contributed by atoms with Crippen LogP contribution in [0.5, 0.6) is 5.75 Å². The van der Waals surface area contributed by atoms with Crippen molar-refractivity contribution in [1.82, 2.24) is 9.47 Å². The minimum Gasteiger partial charge on any atom is -0.492 e. The van der Waals surface area contributed by atoms with Gasteiger partial charge in [-0.05, 0) is 41.8 Å². The molecule has 1 N–H and O–H groups in total. The molecule has 0 bridgehead atoms. The number of hydrogen-bond acceptors (Lipinski definition) is 3. The van der Waals surface area contributed by atoms with E-state index in [-0.39, 0.29) is 0 Å². The van der Waals surface area contributed by atoms with Gasteiger partial charge in [-0.15, -0.1) is 0 Å². The second-order valence-corrected chi connectivity index (χ2v) is 9.33. The van der Waals surface area contributed by atoms with Crippen LogP contribution in [-0.4, -0.2) is 33.2 Å². The molecular formula is C32H32N2O3. The summed E-state index contributed by atoms with van der Waals surface area (Å²) >= 11 is 0. The van der Waals surface area contributed by atoms with Crippen molar-refractivity contribution in [3.63, 3.8) is 0 Å². The molecule has 0 spiro atoms. The molecule has 5 rings (SSSR count). The zero-order chi connectivity index (χ0) is 25.6. The van der Waals surface area contributed by atoms with E-state index in [0.717, 1.165) is 23.4 Å². The summed E-state index contributed by atoms with van der Waals surface area (Å²) in [5.74, 6) is -0.00156. The van der Waals surface area contributed by atoms with E-state index in [1.807, 2.05) is 66.4 Å². The number of carbonyl (C=O) groups is 1. The number of benzene rings is 4. The normalized spacial score (nSPS) is 12.3. The maximum absolute atomic E-state index is 12.0. The van der Waals surface area contributed by atoms with E-state index < -0.39 is 12.0 Å². The fourth-order valence-corrected chi connectivity index (χ4v) is 5.15. The van der Waals surface area contributed by atoms with Gasteiger partial charge in [-0.25, -0.2) is 0 Å². The molecule has 1 atom stereocenters. The highest BCUT2D eigenvalue weighted by Gasteiger charge is 2.24. The summed E-state index contributed by atoms with van der Waals surface area (Å²) in [6.45, 7) is 4.29. The third kappa shape index (κ3) is 5.52. The molecule has 37 heavy (non-hydrogen) atoms. The maximum Gasteiger partial charge on any atom is 0.320 e. The van der Waals surface area contributed by atoms with Crippen LogP contribution in [0.2, 0.25) is 0 Å². The van der Waals surface area contributed by atoms with E-state index >= 15 is 0 Å². The Bertz CT molecular complexity index is 1440. The van der Waals surface area contributed by atoms with Crippen molar-refractivity contribution in [3.8, 4) is 5.75 Å². The summed E-state index contributed by atoms with van der Waals surface area (Å²) in [4.78, 5) is 14.0. The standard InChI is InChI=1S/C32H32N2O3/c1-2-29(32(35)36)33(22-24-11-4-3-5-12-24)23-25-13-10-14-26(21-25)37-20-19-34-30-17-8-6-15-27(30)28-16-7-9-18-31(28)34/h3-18,21,29H,2,19-20,22-23H2,1H3,(H,35,36). The molecule has 0 amide bonds. The Labute approximate surface area is 217 Å². The monoisotopic (exact) mass is 492 g/mol. The van der Waals surface area contributed by atoms with Gasteiger partial charge in [0.15, 0.2) is 0 Å². The molecule has 1 aromatic heterocycles. The number of aliphatic carboxylic acids is 1. The molecule has 1 heterocycles. The molecule has 0 aliphatic rings. The summed E-state index contributed by atoms with van der Waals surface area (Å²) in [6, 6.07) is 34.4. The van der Waals surface area contributed by atoms with Gasteiger partial charge in [-0.2, -0.15) is 0 Å². The van der Waals surface area contributed by atoms with E-state index in [4.69, 9.17) is 4.74 Å². The van der Waals surface area contributed by atoms with Crippen LogP contribution >= 0.6 is 0 Å². The molecule has 0 fully saturated rings. The number of para-hydroxylation sites is 2. The molecule has 4 aromatic carbocycles. The molecule has 5 aromatic rings. The molecule has 188 valence electrons. The van der Waals surface area contributed by atoms with E-state index in [0.29, 0.717) is 26.1 Å². The zero-order valence-corrected chi connectivity index (χ0v) is 21.1. The first-order valence-electron chi connectivity index (χ1n) is 12.8. The van der Waals surface area contributed by atoms with Crippen LogP contribution in [0, 0.1) is 0 Å². The number of carboxylic acid groups (broad SMARTS) is 1. The van der Waals surface area contributed by atoms with Crippen LogP contribution in [0.1, 0.15) is 24.5 Å². The van der Waals surface area contributed by atoms with Gasteiger partial charge in [0, 0.05) is 34.9 Å². The fraction of sp³-hybridized carbons (Fsp3) is 0.219. The van der Waals surface area contributed by atoms with Gasteiger partial charge in [-0.1, -0.05) is 85.8 Å². The lowest BCUT2D eigenvalue weighted by atomic mass is 10.1. The highest BCUT2D eigenvalue weighted by Crippen LogP contribution is 2.28. The van der Waals surface area contributed by atoms with Gasteiger partial charge in [0.1, 0.15) is 18.4 Å². The summed E-state index contributed by atoms with van der Waals surface area (Å²) in [5.41, 5.74) is 4.54. The first-order valence-corrected chi connectivity index (χ1v) is 12.8. The quantitative estimate of drug-likeness (QED) is 0.222. The minimum atomic E-state index is -0.794. The molecule has 0 saturated heterocycles. The topological polar surface area (TPSA) is 54.7 Å². The number of nitrogens with zero attached hydrogens (tertiary/aromatic N) is 2. The van der Waals surface area contributed by atoms with E-state index in [1.54, 1.807) is 0 Å². The Kier molecular flexibility index (Phi) is 7.52. The van der Waals surface area contributed by atoms with Crippen LogP contribution in [0.4, 0.5) is 0 Å². The molecule has 1 unspecified atom stereocenters. The highest BCUT2D eigenvalue weighted by molar-refractivity contribution is 6.07. The lowest BCUT2D eigenvalue weighted by Gasteiger charge is -2.28. The third-order valence-corrected chi connectivity index (χ3v) is 6.89. The Hall–Kier alpha value is -4.09. The minimum absolute atomic E-state index is 0.532. The molecule has 0 saturated carbocycles. The van der Waals surface area contributed by atoms with Crippen LogP contribution in [0.15, 0.2) is 103 Å². The van der Waals surface area contributed by atoms with E-state index in [1.165, 1.54) is 21.8 Å². The van der Waals surface area contributed by atoms with Gasteiger partial charge in [0.05, 0.1) is 6.54 Å². The summed E-state index contributed by atoms with van der Waals surface area (Å²) < 4.78 is 8.51. The summed E-state index contributed by atoms with van der Waals surface area (Å²) in [7, 11) is 0. The third-order valence-electron chi connectivity index (χ3n) is 6.89. The van der Waals surface area contributed by atoms with Gasteiger partial charge in [0.2, 0.25) is 0 Å². The van der Waals surface area contributed by atoms with Gasteiger partial charge >= 0.3 is 5.97 Å². The van der Waals surface area contributed by atoms with E-state index in [9.17, 15) is 9.90 Å². The maximum atomic E-state index is 12.0.